The zero-order chi connectivity index (χ0) is 19.5. The quantitative estimate of drug-likeness (QED) is 0.507. The van der Waals surface area contributed by atoms with E-state index in [1.165, 1.54) is 25.0 Å². The molecule has 4 rings (SSSR count). The van der Waals surface area contributed by atoms with Crippen LogP contribution in [0.1, 0.15) is 103 Å². The minimum atomic E-state index is -0.298. The summed E-state index contributed by atoms with van der Waals surface area (Å²) in [6.07, 6.45) is 10.3. The standard InChI is InChI=1S/C25H28F2O/c26-21-15-7-13-19(23(21)17-9-3-1-4-10-17)25(28)20-14-8-16-22(27)24(20)18-11-5-2-6-12-18/h7-8,13-18H,1-6,9-12H2. The highest BCUT2D eigenvalue weighted by atomic mass is 19.1. The molecule has 0 atom stereocenters. The van der Waals surface area contributed by atoms with Crippen LogP contribution in [-0.4, -0.2) is 5.78 Å². The van der Waals surface area contributed by atoms with Gasteiger partial charge in [-0.3, -0.25) is 4.79 Å². The normalized spacial score (nSPS) is 18.9. The average Bonchev–Trinajstić information content (AvgIpc) is 2.74. The van der Waals surface area contributed by atoms with Crippen LogP contribution >= 0.6 is 0 Å². The first-order chi connectivity index (χ1) is 13.7. The van der Waals surface area contributed by atoms with Crippen LogP contribution in [0.25, 0.3) is 0 Å². The molecule has 0 aliphatic heterocycles. The smallest absolute Gasteiger partial charge is 0.193 e. The lowest BCUT2D eigenvalue weighted by Crippen LogP contribution is -2.17. The van der Waals surface area contributed by atoms with Crippen LogP contribution in [0.2, 0.25) is 0 Å². The minimum absolute atomic E-state index is 0.0839. The van der Waals surface area contributed by atoms with E-state index in [0.717, 1.165) is 51.4 Å². The van der Waals surface area contributed by atoms with Crippen LogP contribution in [0.4, 0.5) is 8.78 Å². The highest BCUT2D eigenvalue weighted by Gasteiger charge is 2.29. The molecule has 148 valence electrons. The van der Waals surface area contributed by atoms with Crippen LogP contribution in [0.3, 0.4) is 0 Å². The summed E-state index contributed by atoms with van der Waals surface area (Å²) in [6, 6.07) is 9.57. The SMILES string of the molecule is O=C(c1cccc(F)c1C1CCCCC1)c1cccc(F)c1C1CCCCC1. The molecule has 1 nitrogen and oxygen atoms in total. The molecule has 2 aliphatic rings. The second-order valence-corrected chi connectivity index (χ2v) is 8.40. The van der Waals surface area contributed by atoms with Crippen molar-refractivity contribution in [1.82, 2.24) is 0 Å². The van der Waals surface area contributed by atoms with Gasteiger partial charge < -0.3 is 0 Å². The van der Waals surface area contributed by atoms with Crippen molar-refractivity contribution in [2.75, 3.05) is 0 Å². The van der Waals surface area contributed by atoms with E-state index in [0.29, 0.717) is 22.3 Å². The van der Waals surface area contributed by atoms with Gasteiger partial charge in [0.2, 0.25) is 0 Å². The molecule has 0 aromatic heterocycles. The lowest BCUT2D eigenvalue weighted by atomic mass is 9.78. The van der Waals surface area contributed by atoms with E-state index in [-0.39, 0.29) is 29.3 Å². The monoisotopic (exact) mass is 382 g/mol. The Morgan fingerprint density at radius 1 is 0.643 bits per heavy atom. The van der Waals surface area contributed by atoms with Crippen LogP contribution < -0.4 is 0 Å². The van der Waals surface area contributed by atoms with Gasteiger partial charge in [0.05, 0.1) is 0 Å². The molecule has 0 spiro atoms. The summed E-state index contributed by atoms with van der Waals surface area (Å²) in [5.74, 6) is -0.650. The Morgan fingerprint density at radius 3 is 1.43 bits per heavy atom. The van der Waals surface area contributed by atoms with Gasteiger partial charge in [-0.1, -0.05) is 62.8 Å². The number of hydrogen-bond acceptors (Lipinski definition) is 1. The predicted molar refractivity (Wildman–Crippen MR) is 108 cm³/mol. The summed E-state index contributed by atoms with van der Waals surface area (Å²) in [5, 5.41) is 0. The van der Waals surface area contributed by atoms with Crippen molar-refractivity contribution in [2.24, 2.45) is 0 Å². The topological polar surface area (TPSA) is 17.1 Å². The molecule has 2 aliphatic carbocycles. The maximum Gasteiger partial charge on any atom is 0.193 e. The fourth-order valence-electron chi connectivity index (χ4n) is 5.23. The summed E-state index contributed by atoms with van der Waals surface area (Å²) in [4.78, 5) is 13.5. The molecule has 0 heterocycles. The zero-order valence-electron chi connectivity index (χ0n) is 16.4. The molecule has 2 fully saturated rings. The number of carbonyl (C=O) groups is 1. The highest BCUT2D eigenvalue weighted by molar-refractivity contribution is 6.11. The summed E-state index contributed by atoms with van der Waals surface area (Å²) in [6.45, 7) is 0. The lowest BCUT2D eigenvalue weighted by molar-refractivity contribution is 0.103. The van der Waals surface area contributed by atoms with E-state index in [2.05, 4.69) is 0 Å². The van der Waals surface area contributed by atoms with Gasteiger partial charge in [-0.15, -0.1) is 0 Å². The maximum atomic E-state index is 14.8. The van der Waals surface area contributed by atoms with Gasteiger partial charge in [-0.2, -0.15) is 0 Å². The molecule has 0 radical (unpaired) electrons. The Bertz CT molecular complexity index is 776. The molecular weight excluding hydrogens is 354 g/mol. The van der Waals surface area contributed by atoms with Gasteiger partial charge in [-0.05, 0) is 49.7 Å². The highest BCUT2D eigenvalue weighted by Crippen LogP contribution is 2.39. The molecule has 0 bridgehead atoms. The van der Waals surface area contributed by atoms with Gasteiger partial charge in [-0.25, -0.2) is 8.78 Å². The number of halogens is 2. The van der Waals surface area contributed by atoms with Crippen molar-refractivity contribution in [3.8, 4) is 0 Å². The van der Waals surface area contributed by atoms with Gasteiger partial charge in [0.1, 0.15) is 11.6 Å². The third kappa shape index (κ3) is 3.76. The van der Waals surface area contributed by atoms with Gasteiger partial charge in [0, 0.05) is 22.3 Å². The van der Waals surface area contributed by atoms with Crippen LogP contribution in [0.15, 0.2) is 36.4 Å². The van der Waals surface area contributed by atoms with Crippen molar-refractivity contribution >= 4 is 5.78 Å². The third-order valence-corrected chi connectivity index (χ3v) is 6.62. The molecule has 2 aromatic rings. The Balaban J connectivity index is 1.77. The van der Waals surface area contributed by atoms with Crippen LogP contribution in [-0.2, 0) is 0 Å². The fraction of sp³-hybridized carbons (Fsp3) is 0.480. The van der Waals surface area contributed by atoms with Gasteiger partial charge in [0.25, 0.3) is 0 Å². The zero-order valence-corrected chi connectivity index (χ0v) is 16.4. The summed E-state index contributed by atoms with van der Waals surface area (Å²) in [5.41, 5.74) is 1.95. The number of benzene rings is 2. The van der Waals surface area contributed by atoms with Gasteiger partial charge >= 0.3 is 0 Å². The molecule has 2 saturated carbocycles. The molecule has 28 heavy (non-hydrogen) atoms. The fourth-order valence-corrected chi connectivity index (χ4v) is 5.23. The van der Waals surface area contributed by atoms with E-state index in [1.54, 1.807) is 24.3 Å². The Morgan fingerprint density at radius 2 is 1.04 bits per heavy atom. The Kier molecular flexibility index (Phi) is 5.89. The van der Waals surface area contributed by atoms with E-state index >= 15 is 0 Å². The lowest BCUT2D eigenvalue weighted by Gasteiger charge is -2.26. The van der Waals surface area contributed by atoms with Crippen molar-refractivity contribution in [3.05, 3.63) is 70.3 Å². The second-order valence-electron chi connectivity index (χ2n) is 8.40. The van der Waals surface area contributed by atoms with Crippen LogP contribution in [0.5, 0.6) is 0 Å². The number of carbonyl (C=O) groups excluding carboxylic acids is 1. The third-order valence-electron chi connectivity index (χ3n) is 6.62. The van der Waals surface area contributed by atoms with Crippen molar-refractivity contribution in [3.63, 3.8) is 0 Å². The Hall–Kier alpha value is -2.03. The van der Waals surface area contributed by atoms with E-state index in [1.807, 2.05) is 0 Å². The Labute approximate surface area is 166 Å². The first kappa shape index (κ1) is 19.3. The van der Waals surface area contributed by atoms with E-state index in [9.17, 15) is 13.6 Å². The maximum absolute atomic E-state index is 14.8. The first-order valence-electron chi connectivity index (χ1n) is 10.8. The number of hydrogen-bond donors (Lipinski definition) is 0. The number of ketones is 1. The van der Waals surface area contributed by atoms with E-state index in [4.69, 9.17) is 0 Å². The average molecular weight is 382 g/mol. The number of rotatable bonds is 4. The van der Waals surface area contributed by atoms with E-state index < -0.39 is 0 Å². The van der Waals surface area contributed by atoms with Crippen LogP contribution in [0, 0.1) is 11.6 Å². The summed E-state index contributed by atoms with van der Waals surface area (Å²) < 4.78 is 29.6. The van der Waals surface area contributed by atoms with Crippen molar-refractivity contribution in [2.45, 2.75) is 76.0 Å². The van der Waals surface area contributed by atoms with Crippen molar-refractivity contribution < 1.29 is 13.6 Å². The molecule has 0 unspecified atom stereocenters. The van der Waals surface area contributed by atoms with Gasteiger partial charge in [0.15, 0.2) is 5.78 Å². The molecule has 3 heteroatoms. The summed E-state index contributed by atoms with van der Waals surface area (Å²) >= 11 is 0. The first-order valence-corrected chi connectivity index (χ1v) is 10.8. The molecule has 0 N–H and O–H groups in total. The second kappa shape index (κ2) is 8.55. The predicted octanol–water partition coefficient (Wildman–Crippen LogP) is 7.29. The molecule has 0 amide bonds. The van der Waals surface area contributed by atoms with Crippen molar-refractivity contribution in [1.29, 1.82) is 0 Å². The molecule has 0 saturated heterocycles. The minimum Gasteiger partial charge on any atom is -0.289 e. The molecule has 2 aromatic carbocycles. The largest absolute Gasteiger partial charge is 0.289 e. The summed E-state index contributed by atoms with van der Waals surface area (Å²) in [7, 11) is 0. The molecular formula is C25H28F2O.